The van der Waals surface area contributed by atoms with E-state index in [1.165, 1.54) is 0 Å². The third kappa shape index (κ3) is 3.18. The lowest BCUT2D eigenvalue weighted by molar-refractivity contribution is 0.107. The molecular formula is C7H16N2O2S. The van der Waals surface area contributed by atoms with Gasteiger partial charge in [0.1, 0.15) is 0 Å². The Bertz CT molecular complexity index is 159. The molecule has 1 aliphatic heterocycles. The van der Waals surface area contributed by atoms with Crippen LogP contribution in [0, 0.1) is 5.92 Å². The molecule has 0 bridgehead atoms. The van der Waals surface area contributed by atoms with E-state index in [1.807, 2.05) is 0 Å². The highest BCUT2D eigenvalue weighted by Gasteiger charge is 2.24. The van der Waals surface area contributed by atoms with E-state index in [9.17, 15) is 4.21 Å². The zero-order valence-electron chi connectivity index (χ0n) is 7.11. The molecule has 72 valence electrons. The Morgan fingerprint density at radius 2 is 2.25 bits per heavy atom. The zero-order chi connectivity index (χ0) is 8.97. The molecule has 12 heavy (non-hydrogen) atoms. The number of rotatable bonds is 5. The van der Waals surface area contributed by atoms with Crippen LogP contribution in [0.15, 0.2) is 0 Å². The molecule has 0 aliphatic carbocycles. The largest absolute Gasteiger partial charge is 0.330 e. The molecule has 0 saturated carbocycles. The highest BCUT2D eigenvalue weighted by molar-refractivity contribution is 7.79. The second kappa shape index (κ2) is 4.91. The number of hydrogen-bond donors (Lipinski definition) is 2. The fourth-order valence-electron chi connectivity index (χ4n) is 1.42. The van der Waals surface area contributed by atoms with Crippen LogP contribution in [0.3, 0.4) is 0 Å². The lowest BCUT2D eigenvalue weighted by atomic mass is 10.0. The van der Waals surface area contributed by atoms with E-state index in [0.717, 1.165) is 32.6 Å². The number of likely N-dealkylation sites (tertiary alicyclic amines) is 1. The van der Waals surface area contributed by atoms with Crippen LogP contribution in [0.25, 0.3) is 0 Å². The smallest absolute Gasteiger partial charge is 0.152 e. The van der Waals surface area contributed by atoms with Gasteiger partial charge in [0.15, 0.2) is 11.1 Å². The summed E-state index contributed by atoms with van der Waals surface area (Å²) in [7, 11) is 0. The first-order valence-corrected chi connectivity index (χ1v) is 5.50. The Kier molecular flexibility index (Phi) is 4.14. The second-order valence-corrected chi connectivity index (χ2v) is 4.29. The van der Waals surface area contributed by atoms with Crippen molar-refractivity contribution in [2.75, 3.05) is 31.9 Å². The van der Waals surface area contributed by atoms with Gasteiger partial charge < -0.3 is 15.2 Å². The Hall–Kier alpha value is 0.0300. The molecular weight excluding hydrogens is 176 g/mol. The molecule has 1 heterocycles. The monoisotopic (exact) mass is 192 g/mol. The first-order chi connectivity index (χ1) is 5.72. The van der Waals surface area contributed by atoms with Crippen LogP contribution in [-0.2, 0) is 11.1 Å². The van der Waals surface area contributed by atoms with Gasteiger partial charge in [-0.3, -0.25) is 0 Å². The van der Waals surface area contributed by atoms with Crippen LogP contribution >= 0.6 is 0 Å². The van der Waals surface area contributed by atoms with E-state index in [4.69, 9.17) is 10.3 Å². The molecule has 3 N–H and O–H groups in total. The topological polar surface area (TPSA) is 66.6 Å². The van der Waals surface area contributed by atoms with Gasteiger partial charge in [-0.25, -0.2) is 4.21 Å². The number of nitrogens with two attached hydrogens (primary N) is 1. The van der Waals surface area contributed by atoms with Crippen LogP contribution in [0.1, 0.15) is 6.42 Å². The van der Waals surface area contributed by atoms with Crippen molar-refractivity contribution in [1.29, 1.82) is 0 Å². The van der Waals surface area contributed by atoms with Gasteiger partial charge >= 0.3 is 0 Å². The Morgan fingerprint density at radius 1 is 1.58 bits per heavy atom. The molecule has 1 aliphatic rings. The standard InChI is InChI=1S/C7H16N2O2S/c8-4-7-5-9(6-7)2-1-3-12(10)11/h7H,1-6,8H2,(H,10,11). The summed E-state index contributed by atoms with van der Waals surface area (Å²) >= 11 is -1.62. The van der Waals surface area contributed by atoms with Gasteiger partial charge in [0.2, 0.25) is 0 Å². The van der Waals surface area contributed by atoms with Gasteiger partial charge in [0.25, 0.3) is 0 Å². The minimum Gasteiger partial charge on any atom is -0.330 e. The van der Waals surface area contributed by atoms with Gasteiger partial charge in [-0.05, 0) is 25.4 Å². The van der Waals surface area contributed by atoms with Gasteiger partial charge in [-0.2, -0.15) is 0 Å². The van der Waals surface area contributed by atoms with Crippen LogP contribution in [0.5, 0.6) is 0 Å². The van der Waals surface area contributed by atoms with E-state index in [1.54, 1.807) is 0 Å². The van der Waals surface area contributed by atoms with Crippen LogP contribution in [0.2, 0.25) is 0 Å². The summed E-state index contributed by atoms with van der Waals surface area (Å²) in [6.45, 7) is 3.83. The average molecular weight is 192 g/mol. The van der Waals surface area contributed by atoms with E-state index >= 15 is 0 Å². The summed E-state index contributed by atoms with van der Waals surface area (Å²) in [5.41, 5.74) is 5.46. The second-order valence-electron chi connectivity index (χ2n) is 3.24. The summed E-state index contributed by atoms with van der Waals surface area (Å²) < 4.78 is 18.8. The van der Waals surface area contributed by atoms with Crippen molar-refractivity contribution >= 4 is 11.1 Å². The van der Waals surface area contributed by atoms with Crippen molar-refractivity contribution in [3.05, 3.63) is 0 Å². The minimum absolute atomic E-state index is 0.393. The molecule has 0 amide bonds. The highest BCUT2D eigenvalue weighted by atomic mass is 32.2. The SMILES string of the molecule is NCC1CN(CCCS(=O)O)C1. The van der Waals surface area contributed by atoms with E-state index in [0.29, 0.717) is 11.7 Å². The van der Waals surface area contributed by atoms with Crippen molar-refractivity contribution in [2.24, 2.45) is 11.7 Å². The zero-order valence-corrected chi connectivity index (χ0v) is 7.92. The Balaban J connectivity index is 1.93. The van der Waals surface area contributed by atoms with Gasteiger partial charge in [0.05, 0.1) is 5.75 Å². The predicted octanol–water partition coefficient (Wildman–Crippen LogP) is -0.511. The quantitative estimate of drug-likeness (QED) is 0.576. The molecule has 0 aromatic carbocycles. The van der Waals surface area contributed by atoms with Crippen molar-refractivity contribution in [2.45, 2.75) is 6.42 Å². The highest BCUT2D eigenvalue weighted by Crippen LogP contribution is 2.13. The molecule has 0 aromatic heterocycles. The van der Waals surface area contributed by atoms with E-state index in [2.05, 4.69) is 4.90 Å². The van der Waals surface area contributed by atoms with Crippen molar-refractivity contribution in [1.82, 2.24) is 4.90 Å². The lowest BCUT2D eigenvalue weighted by Gasteiger charge is -2.38. The lowest BCUT2D eigenvalue weighted by Crippen LogP contribution is -2.50. The molecule has 0 spiro atoms. The molecule has 1 unspecified atom stereocenters. The molecule has 5 heteroatoms. The summed E-state index contributed by atoms with van der Waals surface area (Å²) in [6, 6.07) is 0. The first-order valence-electron chi connectivity index (χ1n) is 4.22. The first kappa shape index (κ1) is 10.1. The summed E-state index contributed by atoms with van der Waals surface area (Å²) in [5, 5.41) is 0. The van der Waals surface area contributed by atoms with Gasteiger partial charge in [-0.1, -0.05) is 0 Å². The third-order valence-electron chi connectivity index (χ3n) is 2.16. The fraction of sp³-hybridized carbons (Fsp3) is 1.00. The molecule has 0 aromatic rings. The van der Waals surface area contributed by atoms with Gasteiger partial charge in [0, 0.05) is 13.1 Å². The molecule has 1 fully saturated rings. The van der Waals surface area contributed by atoms with Crippen molar-refractivity contribution < 1.29 is 8.76 Å². The van der Waals surface area contributed by atoms with Crippen molar-refractivity contribution in [3.63, 3.8) is 0 Å². The number of nitrogens with zero attached hydrogens (tertiary/aromatic N) is 1. The maximum absolute atomic E-state index is 10.3. The van der Waals surface area contributed by atoms with E-state index in [-0.39, 0.29) is 0 Å². The maximum Gasteiger partial charge on any atom is 0.152 e. The number of hydrogen-bond acceptors (Lipinski definition) is 3. The fourth-order valence-corrected chi connectivity index (χ4v) is 1.80. The molecule has 4 nitrogen and oxygen atoms in total. The Morgan fingerprint density at radius 3 is 2.75 bits per heavy atom. The summed E-state index contributed by atoms with van der Waals surface area (Å²) in [4.78, 5) is 2.27. The third-order valence-corrected chi connectivity index (χ3v) is 2.80. The molecule has 1 rings (SSSR count). The van der Waals surface area contributed by atoms with Crippen LogP contribution in [-0.4, -0.2) is 45.6 Å². The normalized spacial score (nSPS) is 22.2. The van der Waals surface area contributed by atoms with Crippen LogP contribution < -0.4 is 5.73 Å². The van der Waals surface area contributed by atoms with E-state index < -0.39 is 11.1 Å². The summed E-state index contributed by atoms with van der Waals surface area (Å²) in [6.07, 6.45) is 0.806. The van der Waals surface area contributed by atoms with Gasteiger partial charge in [-0.15, -0.1) is 0 Å². The van der Waals surface area contributed by atoms with Crippen molar-refractivity contribution in [3.8, 4) is 0 Å². The maximum atomic E-state index is 10.3. The molecule has 1 saturated heterocycles. The van der Waals surface area contributed by atoms with Crippen LogP contribution in [0.4, 0.5) is 0 Å². The summed E-state index contributed by atoms with van der Waals surface area (Å²) in [5.74, 6) is 1.05. The average Bonchev–Trinajstić information content (AvgIpc) is 1.93. The Labute approximate surface area is 75.4 Å². The molecule has 0 radical (unpaired) electrons. The molecule has 1 atom stereocenters. The minimum atomic E-state index is -1.62. The predicted molar refractivity (Wildman–Crippen MR) is 49.2 cm³/mol.